The highest BCUT2D eigenvalue weighted by Gasteiger charge is 2.29. The Hall–Kier alpha value is -3.92. The number of phenolic OH excluding ortho intramolecular Hbond substituents is 1. The number of hydrogen-bond donors (Lipinski definition) is 4. The van der Waals surface area contributed by atoms with Crippen LogP contribution in [-0.4, -0.2) is 66.9 Å². The number of amides is 1. The molecule has 2 aromatic rings. The van der Waals surface area contributed by atoms with Gasteiger partial charge in [0.1, 0.15) is 23.4 Å². The van der Waals surface area contributed by atoms with E-state index >= 15 is 0 Å². The number of likely N-dealkylation sites (N-methyl/N-ethyl adjacent to an activating group) is 1. The molecule has 218 valence electrons. The Balaban J connectivity index is 2.52. The molecule has 0 heterocycles. The summed E-state index contributed by atoms with van der Waals surface area (Å²) in [7, 11) is 4.73. The molecule has 2 aromatic carbocycles. The highest BCUT2D eigenvalue weighted by molar-refractivity contribution is 6.48. The topological polar surface area (TPSA) is 139 Å². The van der Waals surface area contributed by atoms with Crippen molar-refractivity contribution in [2.24, 2.45) is 5.92 Å². The molecule has 0 fully saturated rings. The third-order valence-electron chi connectivity index (χ3n) is 6.48. The van der Waals surface area contributed by atoms with Crippen molar-refractivity contribution in [3.8, 4) is 11.5 Å². The fraction of sp³-hybridized carbons (Fsp3) is 0.467. The van der Waals surface area contributed by atoms with Gasteiger partial charge in [0.15, 0.2) is 5.84 Å². The van der Waals surface area contributed by atoms with Crippen LogP contribution in [0.2, 0.25) is 0 Å². The predicted octanol–water partition coefficient (Wildman–Crippen LogP) is 4.49. The van der Waals surface area contributed by atoms with E-state index in [9.17, 15) is 14.7 Å². The first kappa shape index (κ1) is 32.3. The molecule has 0 bridgehead atoms. The van der Waals surface area contributed by atoms with Gasteiger partial charge in [0.2, 0.25) is 0 Å². The second kappa shape index (κ2) is 13.9. The predicted molar refractivity (Wildman–Crippen MR) is 158 cm³/mol. The van der Waals surface area contributed by atoms with Crippen LogP contribution in [0.15, 0.2) is 36.4 Å². The van der Waals surface area contributed by atoms with Crippen LogP contribution in [-0.2, 0) is 20.9 Å². The average Bonchev–Trinajstić information content (AvgIpc) is 2.88. The molecule has 2 rings (SSSR count). The monoisotopic (exact) mass is 553 g/mol. The molecule has 1 atom stereocenters. The van der Waals surface area contributed by atoms with Gasteiger partial charge in [0.25, 0.3) is 5.91 Å². The smallest absolute Gasteiger partial charge is 0.323 e. The zero-order chi connectivity index (χ0) is 30.3. The van der Waals surface area contributed by atoms with Crippen molar-refractivity contribution < 1.29 is 24.2 Å². The van der Waals surface area contributed by atoms with Crippen LogP contribution in [0.3, 0.4) is 0 Å². The van der Waals surface area contributed by atoms with Crippen molar-refractivity contribution in [3.63, 3.8) is 0 Å². The van der Waals surface area contributed by atoms with Crippen molar-refractivity contribution in [2.75, 3.05) is 26.2 Å². The molecule has 40 heavy (non-hydrogen) atoms. The molecule has 0 aliphatic rings. The Bertz CT molecular complexity index is 1220. The van der Waals surface area contributed by atoms with Crippen LogP contribution in [0.4, 0.5) is 5.69 Å². The maximum atomic E-state index is 12.9. The molecule has 10 nitrogen and oxygen atoms in total. The minimum Gasteiger partial charge on any atom is -0.507 e. The number of esters is 1. The summed E-state index contributed by atoms with van der Waals surface area (Å²) in [6.07, 6.45) is 0. The van der Waals surface area contributed by atoms with Gasteiger partial charge < -0.3 is 19.9 Å². The van der Waals surface area contributed by atoms with Crippen molar-refractivity contribution in [1.82, 2.24) is 10.2 Å². The number of amidine groups is 2. The van der Waals surface area contributed by atoms with Crippen molar-refractivity contribution in [2.45, 2.75) is 66.1 Å². The van der Waals surface area contributed by atoms with E-state index in [1.165, 1.54) is 25.2 Å². The number of rotatable bonds is 10. The van der Waals surface area contributed by atoms with Crippen LogP contribution < -0.4 is 15.0 Å². The number of nitrogens with one attached hydrogen (secondary N) is 3. The quantitative estimate of drug-likeness (QED) is 0.193. The third-order valence-corrected chi connectivity index (χ3v) is 6.48. The van der Waals surface area contributed by atoms with Crippen molar-refractivity contribution >= 4 is 29.2 Å². The second-order valence-electron chi connectivity index (χ2n) is 10.7. The Morgan fingerprint density at radius 2 is 1.60 bits per heavy atom. The minimum atomic E-state index is -0.654. The number of phenols is 1. The molecule has 0 unspecified atom stereocenters. The maximum Gasteiger partial charge on any atom is 0.323 e. The highest BCUT2D eigenvalue weighted by atomic mass is 16.5. The average molecular weight is 554 g/mol. The molecule has 1 amide bonds. The van der Waals surface area contributed by atoms with Gasteiger partial charge in [-0.25, -0.2) is 0 Å². The molecule has 0 spiro atoms. The van der Waals surface area contributed by atoms with E-state index in [-0.39, 0.29) is 41.0 Å². The zero-order valence-electron chi connectivity index (χ0n) is 25.0. The first-order valence-corrected chi connectivity index (χ1v) is 13.3. The Labute approximate surface area is 237 Å². The number of carbonyl (C=O) groups is 2. The highest BCUT2D eigenvalue weighted by Crippen LogP contribution is 2.34. The van der Waals surface area contributed by atoms with Gasteiger partial charge in [-0.15, -0.1) is 0 Å². The standard InChI is InChI=1S/C30H43N5O5/c1-17(2)22-14-23(24(36)15-25(22)39-8)27(31)35(28(32)29(37)33-19(5)6)21-12-10-20(11-13-21)16-34(7)26(18(3)4)30(38)40-9/h10-15,17-19,26,31-32,36H,16H2,1-9H3,(H,33,37)/t26-/m0/s1. The lowest BCUT2D eigenvalue weighted by molar-refractivity contribution is -0.148. The van der Waals surface area contributed by atoms with E-state index in [1.807, 2.05) is 51.8 Å². The van der Waals surface area contributed by atoms with E-state index in [1.54, 1.807) is 32.0 Å². The molecule has 0 saturated heterocycles. The number of ether oxygens (including phenoxy) is 2. The van der Waals surface area contributed by atoms with Gasteiger partial charge >= 0.3 is 5.97 Å². The molecule has 0 saturated carbocycles. The van der Waals surface area contributed by atoms with Crippen LogP contribution in [0, 0.1) is 16.7 Å². The molecule has 0 aliphatic carbocycles. The van der Waals surface area contributed by atoms with E-state index in [0.29, 0.717) is 18.0 Å². The summed E-state index contributed by atoms with van der Waals surface area (Å²) < 4.78 is 10.4. The van der Waals surface area contributed by atoms with E-state index in [4.69, 9.17) is 20.3 Å². The van der Waals surface area contributed by atoms with E-state index in [0.717, 1.165) is 11.1 Å². The normalized spacial score (nSPS) is 12.0. The Morgan fingerprint density at radius 1 is 1.00 bits per heavy atom. The van der Waals surface area contributed by atoms with Crippen LogP contribution in [0.1, 0.15) is 64.2 Å². The van der Waals surface area contributed by atoms with Gasteiger partial charge in [-0.2, -0.15) is 0 Å². The van der Waals surface area contributed by atoms with Crippen molar-refractivity contribution in [3.05, 3.63) is 53.1 Å². The Morgan fingerprint density at radius 3 is 2.08 bits per heavy atom. The van der Waals surface area contributed by atoms with Gasteiger partial charge in [0.05, 0.1) is 19.8 Å². The van der Waals surface area contributed by atoms with Crippen molar-refractivity contribution in [1.29, 1.82) is 10.8 Å². The molecule has 0 aliphatic heterocycles. The SMILES string of the molecule is COC(=O)[C@H](C(C)C)N(C)Cc1ccc(N(C(=N)C(=O)NC(C)C)C(=N)c2cc(C(C)C)c(OC)cc2O)cc1. The summed E-state index contributed by atoms with van der Waals surface area (Å²) in [5, 5.41) is 31.2. The van der Waals surface area contributed by atoms with Crippen LogP contribution in [0.5, 0.6) is 11.5 Å². The summed E-state index contributed by atoms with van der Waals surface area (Å²) >= 11 is 0. The number of aromatic hydroxyl groups is 1. The summed E-state index contributed by atoms with van der Waals surface area (Å²) in [5.74, 6) is -1.29. The summed E-state index contributed by atoms with van der Waals surface area (Å²) in [6.45, 7) is 11.9. The summed E-state index contributed by atoms with van der Waals surface area (Å²) in [6, 6.07) is 9.53. The summed E-state index contributed by atoms with van der Waals surface area (Å²) in [4.78, 5) is 28.3. The lowest BCUT2D eigenvalue weighted by Gasteiger charge is -2.29. The lowest BCUT2D eigenvalue weighted by atomic mass is 9.97. The third kappa shape index (κ3) is 7.59. The van der Waals surface area contributed by atoms with Gasteiger partial charge in [-0.1, -0.05) is 39.8 Å². The maximum absolute atomic E-state index is 12.9. The molecule has 0 radical (unpaired) electrons. The molecule has 0 aromatic heterocycles. The summed E-state index contributed by atoms with van der Waals surface area (Å²) in [5.41, 5.74) is 2.23. The lowest BCUT2D eigenvalue weighted by Crippen LogP contribution is -2.47. The first-order chi connectivity index (χ1) is 18.7. The van der Waals surface area contributed by atoms with Gasteiger partial charge in [-0.05, 0) is 62.1 Å². The fourth-order valence-electron chi connectivity index (χ4n) is 4.54. The molecular formula is C30H43N5O5. The Kier molecular flexibility index (Phi) is 11.2. The fourth-order valence-corrected chi connectivity index (χ4v) is 4.54. The zero-order valence-corrected chi connectivity index (χ0v) is 25.0. The molecule has 4 N–H and O–H groups in total. The molecular weight excluding hydrogens is 510 g/mol. The van der Waals surface area contributed by atoms with Gasteiger partial charge in [0, 0.05) is 24.3 Å². The van der Waals surface area contributed by atoms with E-state index < -0.39 is 17.8 Å². The number of carbonyl (C=O) groups excluding carboxylic acids is 2. The van der Waals surface area contributed by atoms with Crippen LogP contribution in [0.25, 0.3) is 0 Å². The van der Waals surface area contributed by atoms with E-state index in [2.05, 4.69) is 5.32 Å². The molecule has 10 heteroatoms. The number of anilines is 1. The minimum absolute atomic E-state index is 0.0372. The number of nitrogens with zero attached hydrogens (tertiary/aromatic N) is 2. The largest absolute Gasteiger partial charge is 0.507 e. The number of benzene rings is 2. The number of methoxy groups -OCH3 is 2. The van der Waals surface area contributed by atoms with Gasteiger partial charge in [-0.3, -0.25) is 30.2 Å². The first-order valence-electron chi connectivity index (χ1n) is 13.3. The number of hydrogen-bond acceptors (Lipinski definition) is 8. The van der Waals surface area contributed by atoms with Crippen LogP contribution >= 0.6 is 0 Å². The second-order valence-corrected chi connectivity index (χ2v) is 10.7.